The molecule has 0 spiro atoms. The van der Waals surface area contributed by atoms with Crippen molar-refractivity contribution in [2.45, 2.75) is 39.3 Å². The molecule has 122 valence electrons. The van der Waals surface area contributed by atoms with Gasteiger partial charge >= 0.3 is 0 Å². The number of carbonyl (C=O) groups excluding carboxylic acids is 1. The van der Waals surface area contributed by atoms with E-state index in [2.05, 4.69) is 53.5 Å². The lowest BCUT2D eigenvalue weighted by atomic mass is 9.74. The fourth-order valence-corrected chi connectivity index (χ4v) is 3.63. The number of rotatable bonds is 5. The molecule has 0 radical (unpaired) electrons. The van der Waals surface area contributed by atoms with Gasteiger partial charge in [0, 0.05) is 0 Å². The number of nitrogens with zero attached hydrogens (tertiary/aromatic N) is 5. The van der Waals surface area contributed by atoms with Crippen LogP contribution >= 0.6 is 0 Å². The Hall–Kier alpha value is -2.24. The summed E-state index contributed by atoms with van der Waals surface area (Å²) in [4.78, 5) is 15.1. The molecule has 1 aromatic carbocycles. The van der Waals surface area contributed by atoms with E-state index < -0.39 is 0 Å². The number of carbonyl (C=O) groups is 1. The molecule has 0 aliphatic heterocycles. The summed E-state index contributed by atoms with van der Waals surface area (Å²) in [6.45, 7) is 4.85. The third-order valence-corrected chi connectivity index (χ3v) is 4.75. The molecule has 0 saturated heterocycles. The van der Waals surface area contributed by atoms with Crippen LogP contribution in [0.4, 0.5) is 0 Å². The van der Waals surface area contributed by atoms with E-state index in [9.17, 15) is 4.79 Å². The number of fused-ring (bicyclic) bond motifs is 1. The molecule has 6 nitrogen and oxygen atoms in total. The molecule has 23 heavy (non-hydrogen) atoms. The molecule has 0 N–H and O–H groups in total. The lowest BCUT2D eigenvalue weighted by molar-refractivity contribution is -0.123. The van der Waals surface area contributed by atoms with Crippen molar-refractivity contribution in [3.63, 3.8) is 0 Å². The first-order valence-electron chi connectivity index (χ1n) is 8.12. The predicted molar refractivity (Wildman–Crippen MR) is 86.2 cm³/mol. The topological polar surface area (TPSA) is 63.9 Å². The summed E-state index contributed by atoms with van der Waals surface area (Å²) in [7, 11) is 1.73. The Bertz CT molecular complexity index is 681. The van der Waals surface area contributed by atoms with Crippen LogP contribution in [0.2, 0.25) is 0 Å². The molecular weight excluding hydrogens is 290 g/mol. The van der Waals surface area contributed by atoms with E-state index in [-0.39, 0.29) is 6.04 Å². The quantitative estimate of drug-likeness (QED) is 0.793. The van der Waals surface area contributed by atoms with Gasteiger partial charge in [0.1, 0.15) is 0 Å². The number of benzene rings is 1. The Morgan fingerprint density at radius 2 is 2.17 bits per heavy atom. The van der Waals surface area contributed by atoms with Crippen molar-refractivity contribution in [3.05, 3.63) is 41.2 Å². The smallest absolute Gasteiger partial charge is 0.210 e. The molecule has 1 aliphatic rings. The fraction of sp³-hybridized carbons (Fsp3) is 0.529. The van der Waals surface area contributed by atoms with Gasteiger partial charge in [-0.15, -0.1) is 10.2 Å². The summed E-state index contributed by atoms with van der Waals surface area (Å²) in [6, 6.07) is 8.51. The zero-order valence-electron chi connectivity index (χ0n) is 13.9. The minimum Gasteiger partial charge on any atom is -0.330 e. The Balaban J connectivity index is 1.95. The highest BCUT2D eigenvalue weighted by Gasteiger charge is 2.35. The van der Waals surface area contributed by atoms with Crippen LogP contribution in [0.5, 0.6) is 0 Å². The molecule has 2 atom stereocenters. The highest BCUT2D eigenvalue weighted by atomic mass is 16.1. The van der Waals surface area contributed by atoms with Crippen LogP contribution in [0.1, 0.15) is 43.3 Å². The first-order chi connectivity index (χ1) is 11.1. The molecule has 1 aliphatic carbocycles. The average molecular weight is 313 g/mol. The Kier molecular flexibility index (Phi) is 4.41. The minimum atomic E-state index is 0.0706. The van der Waals surface area contributed by atoms with Crippen LogP contribution < -0.4 is 0 Å². The van der Waals surface area contributed by atoms with Crippen molar-refractivity contribution >= 4 is 6.41 Å². The van der Waals surface area contributed by atoms with Crippen LogP contribution in [-0.2, 0) is 24.8 Å². The summed E-state index contributed by atoms with van der Waals surface area (Å²) in [5.41, 5.74) is 2.60. The molecule has 6 heteroatoms. The number of aryl methyl sites for hydroxylation is 2. The number of aromatic nitrogens is 4. The maximum absolute atomic E-state index is 11.8. The van der Waals surface area contributed by atoms with Gasteiger partial charge in [0.15, 0.2) is 5.82 Å². The van der Waals surface area contributed by atoms with Gasteiger partial charge in [0.2, 0.25) is 6.41 Å². The Morgan fingerprint density at radius 3 is 2.83 bits per heavy atom. The van der Waals surface area contributed by atoms with Crippen molar-refractivity contribution in [2.75, 3.05) is 0 Å². The van der Waals surface area contributed by atoms with E-state index in [4.69, 9.17) is 0 Å². The van der Waals surface area contributed by atoms with Crippen LogP contribution in [0.25, 0.3) is 0 Å². The summed E-state index contributed by atoms with van der Waals surface area (Å²) in [6.07, 6.45) is 3.10. The van der Waals surface area contributed by atoms with Gasteiger partial charge in [-0.1, -0.05) is 38.1 Å². The number of amides is 1. The van der Waals surface area contributed by atoms with Gasteiger partial charge in [-0.2, -0.15) is 4.80 Å². The third-order valence-electron chi connectivity index (χ3n) is 4.75. The molecule has 2 unspecified atom stereocenters. The predicted octanol–water partition coefficient (Wildman–Crippen LogP) is 2.13. The number of hydrogen-bond acceptors (Lipinski definition) is 4. The van der Waals surface area contributed by atoms with Gasteiger partial charge < -0.3 is 4.90 Å². The van der Waals surface area contributed by atoms with Crippen molar-refractivity contribution < 1.29 is 4.79 Å². The van der Waals surface area contributed by atoms with Crippen LogP contribution in [0.3, 0.4) is 0 Å². The molecule has 3 rings (SSSR count). The van der Waals surface area contributed by atoms with Crippen molar-refractivity contribution in [1.82, 2.24) is 25.1 Å². The molecule has 1 amide bonds. The zero-order chi connectivity index (χ0) is 16.4. The molecule has 1 aromatic heterocycles. The van der Waals surface area contributed by atoms with Crippen LogP contribution in [-0.4, -0.2) is 31.5 Å². The zero-order valence-corrected chi connectivity index (χ0v) is 13.9. The molecule has 0 saturated carbocycles. The second kappa shape index (κ2) is 6.48. The van der Waals surface area contributed by atoms with Crippen molar-refractivity contribution in [2.24, 2.45) is 18.9 Å². The third kappa shape index (κ3) is 3.11. The molecular formula is C17H23N5O. The largest absolute Gasteiger partial charge is 0.330 e. The number of tetrazole rings is 1. The minimum absolute atomic E-state index is 0.0706. The van der Waals surface area contributed by atoms with Gasteiger partial charge in [0.25, 0.3) is 0 Å². The van der Waals surface area contributed by atoms with E-state index in [1.165, 1.54) is 15.9 Å². The summed E-state index contributed by atoms with van der Waals surface area (Å²) in [5, 5.41) is 12.1. The van der Waals surface area contributed by atoms with Gasteiger partial charge in [-0.05, 0) is 41.0 Å². The standard InChI is InChI=1S/C17H23N5O/c1-12(2)14-9-8-13-6-4-5-7-15(13)17(14)22(11-23)10-16-18-20-21(3)19-16/h4-7,11-12,14,17H,8-10H2,1-3H3. The van der Waals surface area contributed by atoms with E-state index in [1.807, 2.05) is 4.90 Å². The van der Waals surface area contributed by atoms with Crippen molar-refractivity contribution in [1.29, 1.82) is 0 Å². The Morgan fingerprint density at radius 1 is 1.39 bits per heavy atom. The summed E-state index contributed by atoms with van der Waals surface area (Å²) in [5.74, 6) is 1.52. The van der Waals surface area contributed by atoms with Crippen LogP contribution in [0, 0.1) is 11.8 Å². The molecule has 1 heterocycles. The van der Waals surface area contributed by atoms with Crippen LogP contribution in [0.15, 0.2) is 24.3 Å². The number of hydrogen-bond donors (Lipinski definition) is 0. The van der Waals surface area contributed by atoms with Gasteiger partial charge in [-0.25, -0.2) is 0 Å². The fourth-order valence-electron chi connectivity index (χ4n) is 3.63. The first kappa shape index (κ1) is 15.6. The second-order valence-corrected chi connectivity index (χ2v) is 6.56. The average Bonchev–Trinajstić information content (AvgIpc) is 2.96. The van der Waals surface area contributed by atoms with E-state index in [1.54, 1.807) is 7.05 Å². The first-order valence-corrected chi connectivity index (χ1v) is 8.12. The highest BCUT2D eigenvalue weighted by molar-refractivity contribution is 5.50. The molecule has 0 fully saturated rings. The second-order valence-electron chi connectivity index (χ2n) is 6.56. The summed E-state index contributed by atoms with van der Waals surface area (Å²) >= 11 is 0. The summed E-state index contributed by atoms with van der Waals surface area (Å²) < 4.78 is 0. The lowest BCUT2D eigenvalue weighted by Crippen LogP contribution is -2.38. The van der Waals surface area contributed by atoms with Crippen molar-refractivity contribution in [3.8, 4) is 0 Å². The monoisotopic (exact) mass is 313 g/mol. The van der Waals surface area contributed by atoms with Gasteiger partial charge in [0.05, 0.1) is 19.6 Å². The van der Waals surface area contributed by atoms with E-state index in [0.29, 0.717) is 24.2 Å². The lowest BCUT2D eigenvalue weighted by Gasteiger charge is -2.41. The molecule has 0 bridgehead atoms. The van der Waals surface area contributed by atoms with E-state index in [0.717, 1.165) is 19.3 Å². The maximum Gasteiger partial charge on any atom is 0.210 e. The SMILES string of the molecule is CC(C)C1CCc2ccccc2C1N(C=O)Cc1nnn(C)n1. The normalized spacial score (nSPS) is 20.3. The van der Waals surface area contributed by atoms with E-state index >= 15 is 0 Å². The maximum atomic E-state index is 11.8. The molecule has 2 aromatic rings. The Labute approximate surface area is 136 Å². The highest BCUT2D eigenvalue weighted by Crippen LogP contribution is 2.42. The van der Waals surface area contributed by atoms with Gasteiger partial charge in [-0.3, -0.25) is 4.79 Å².